The average Bonchev–Trinajstić information content (AvgIpc) is 3.10. The summed E-state index contributed by atoms with van der Waals surface area (Å²) in [5, 5.41) is 7.01. The van der Waals surface area contributed by atoms with Crippen molar-refractivity contribution >= 4 is 22.4 Å². The van der Waals surface area contributed by atoms with Crippen molar-refractivity contribution in [3.8, 4) is 0 Å². The predicted octanol–water partition coefficient (Wildman–Crippen LogP) is 1.27. The highest BCUT2D eigenvalue weighted by atomic mass is 35.5. The second-order valence-electron chi connectivity index (χ2n) is 6.92. The molecule has 3 rings (SSSR count). The van der Waals surface area contributed by atoms with E-state index in [9.17, 15) is 8.42 Å². The lowest BCUT2D eigenvalue weighted by Gasteiger charge is -2.33. The number of rotatable bonds is 8. The Morgan fingerprint density at radius 2 is 2.00 bits per heavy atom. The highest BCUT2D eigenvalue weighted by Crippen LogP contribution is 2.29. The monoisotopic (exact) mass is 403 g/mol. The molecule has 6 nitrogen and oxygen atoms in total. The Morgan fingerprint density at radius 1 is 1.19 bits per heavy atom. The van der Waals surface area contributed by atoms with Crippen LogP contribution in [-0.4, -0.2) is 52.6 Å². The molecule has 148 valence electrons. The Kier molecular flexibility index (Phi) is 8.79. The van der Waals surface area contributed by atoms with E-state index < -0.39 is 10.0 Å². The first-order valence-electron chi connectivity index (χ1n) is 9.20. The van der Waals surface area contributed by atoms with Crippen LogP contribution in [0, 0.1) is 5.92 Å². The van der Waals surface area contributed by atoms with Crippen LogP contribution in [0.4, 0.5) is 0 Å². The van der Waals surface area contributed by atoms with Gasteiger partial charge in [-0.25, -0.2) is 13.1 Å². The summed E-state index contributed by atoms with van der Waals surface area (Å²) in [7, 11) is -3.27. The second-order valence-corrected chi connectivity index (χ2v) is 8.84. The van der Waals surface area contributed by atoms with Gasteiger partial charge in [0.2, 0.25) is 10.0 Å². The minimum atomic E-state index is -3.27. The van der Waals surface area contributed by atoms with Gasteiger partial charge < -0.3 is 15.4 Å². The van der Waals surface area contributed by atoms with Crippen LogP contribution in [0.2, 0.25) is 0 Å². The van der Waals surface area contributed by atoms with Gasteiger partial charge in [-0.05, 0) is 24.3 Å². The Balaban J connectivity index is 0.00000243. The topological polar surface area (TPSA) is 79.5 Å². The molecule has 1 aromatic carbocycles. The molecule has 3 N–H and O–H groups in total. The van der Waals surface area contributed by atoms with E-state index in [1.165, 1.54) is 12.8 Å². The number of halogens is 1. The second kappa shape index (κ2) is 10.6. The van der Waals surface area contributed by atoms with E-state index >= 15 is 0 Å². The Labute approximate surface area is 162 Å². The molecule has 0 bridgehead atoms. The molecule has 1 saturated carbocycles. The lowest BCUT2D eigenvalue weighted by molar-refractivity contribution is 0.0527. The van der Waals surface area contributed by atoms with Crippen molar-refractivity contribution in [2.24, 2.45) is 5.92 Å². The van der Waals surface area contributed by atoms with Crippen LogP contribution in [0.3, 0.4) is 0 Å². The van der Waals surface area contributed by atoms with Gasteiger partial charge in [-0.15, -0.1) is 12.4 Å². The summed E-state index contributed by atoms with van der Waals surface area (Å²) in [5.74, 6) is 0.637. The van der Waals surface area contributed by atoms with Crippen LogP contribution in [0.1, 0.15) is 24.8 Å². The maximum atomic E-state index is 12.2. The van der Waals surface area contributed by atoms with Crippen molar-refractivity contribution < 1.29 is 13.2 Å². The molecule has 2 fully saturated rings. The first-order valence-corrected chi connectivity index (χ1v) is 10.8. The predicted molar refractivity (Wildman–Crippen MR) is 106 cm³/mol. The summed E-state index contributed by atoms with van der Waals surface area (Å²) < 4.78 is 32.6. The molecule has 1 heterocycles. The standard InChI is InChI=1S/C18H29N3O3S.ClH/c22-25(23,21-13-15-5-2-1-3-6-15)12-10-20-17-8-4-7-16(17)18-14-24-11-9-19-18;/h1-3,5-6,16-21H,4,7-14H2;1H. The van der Waals surface area contributed by atoms with E-state index in [0.29, 0.717) is 31.1 Å². The third kappa shape index (κ3) is 6.48. The van der Waals surface area contributed by atoms with E-state index in [2.05, 4.69) is 15.4 Å². The lowest BCUT2D eigenvalue weighted by Crippen LogP contribution is -2.51. The zero-order valence-electron chi connectivity index (χ0n) is 15.0. The maximum absolute atomic E-state index is 12.2. The van der Waals surface area contributed by atoms with Crippen molar-refractivity contribution in [1.82, 2.24) is 15.4 Å². The minimum Gasteiger partial charge on any atom is -0.379 e. The van der Waals surface area contributed by atoms with Crippen LogP contribution < -0.4 is 15.4 Å². The van der Waals surface area contributed by atoms with Gasteiger partial charge in [0.25, 0.3) is 0 Å². The largest absolute Gasteiger partial charge is 0.379 e. The molecular weight excluding hydrogens is 374 g/mol. The van der Waals surface area contributed by atoms with Crippen molar-refractivity contribution in [1.29, 1.82) is 0 Å². The van der Waals surface area contributed by atoms with Crippen molar-refractivity contribution in [3.63, 3.8) is 0 Å². The first kappa shape index (κ1) is 21.6. The number of morpholine rings is 1. The summed E-state index contributed by atoms with van der Waals surface area (Å²) in [6.07, 6.45) is 3.48. The first-order chi connectivity index (χ1) is 12.1. The summed E-state index contributed by atoms with van der Waals surface area (Å²) in [4.78, 5) is 0. The Hall–Kier alpha value is -0.700. The van der Waals surface area contributed by atoms with Gasteiger partial charge in [-0.1, -0.05) is 36.8 Å². The number of hydrogen-bond acceptors (Lipinski definition) is 5. The van der Waals surface area contributed by atoms with Crippen molar-refractivity contribution in [3.05, 3.63) is 35.9 Å². The molecule has 0 amide bonds. The molecule has 2 aliphatic rings. The molecule has 0 radical (unpaired) electrons. The van der Waals surface area contributed by atoms with Gasteiger partial charge in [-0.3, -0.25) is 0 Å². The molecular formula is C18H30ClN3O3S. The van der Waals surface area contributed by atoms with E-state index in [1.54, 1.807) is 0 Å². The van der Waals surface area contributed by atoms with E-state index in [-0.39, 0.29) is 18.2 Å². The fourth-order valence-electron chi connectivity index (χ4n) is 3.82. The van der Waals surface area contributed by atoms with Gasteiger partial charge in [-0.2, -0.15) is 0 Å². The molecule has 1 aliphatic heterocycles. The number of sulfonamides is 1. The molecule has 3 unspecified atom stereocenters. The SMILES string of the molecule is Cl.O=S(=O)(CCNC1CCCC1C1COCCN1)NCc1ccccc1. The van der Waals surface area contributed by atoms with E-state index in [1.807, 2.05) is 30.3 Å². The molecule has 3 atom stereocenters. The number of nitrogens with one attached hydrogen (secondary N) is 3. The molecule has 26 heavy (non-hydrogen) atoms. The quantitative estimate of drug-likeness (QED) is 0.609. The normalized spacial score (nSPS) is 26.4. The van der Waals surface area contributed by atoms with E-state index in [4.69, 9.17) is 4.74 Å². The van der Waals surface area contributed by atoms with Gasteiger partial charge in [0.05, 0.1) is 19.0 Å². The maximum Gasteiger partial charge on any atom is 0.213 e. The van der Waals surface area contributed by atoms with Crippen LogP contribution in [0.5, 0.6) is 0 Å². The number of ether oxygens (including phenoxy) is 1. The highest BCUT2D eigenvalue weighted by Gasteiger charge is 2.34. The third-order valence-corrected chi connectivity index (χ3v) is 6.48. The number of benzene rings is 1. The van der Waals surface area contributed by atoms with Gasteiger partial charge in [0.15, 0.2) is 0 Å². The Morgan fingerprint density at radius 3 is 2.73 bits per heavy atom. The molecule has 0 spiro atoms. The highest BCUT2D eigenvalue weighted by molar-refractivity contribution is 7.89. The summed E-state index contributed by atoms with van der Waals surface area (Å²) >= 11 is 0. The third-order valence-electron chi connectivity index (χ3n) is 5.15. The van der Waals surface area contributed by atoms with Crippen LogP contribution in [0.25, 0.3) is 0 Å². The van der Waals surface area contributed by atoms with E-state index in [0.717, 1.165) is 31.7 Å². The molecule has 8 heteroatoms. The fourth-order valence-corrected chi connectivity index (χ4v) is 4.74. The smallest absolute Gasteiger partial charge is 0.213 e. The summed E-state index contributed by atoms with van der Waals surface area (Å²) in [6, 6.07) is 10.4. The van der Waals surface area contributed by atoms with Crippen LogP contribution in [-0.2, 0) is 21.3 Å². The summed E-state index contributed by atoms with van der Waals surface area (Å²) in [6.45, 7) is 3.29. The fraction of sp³-hybridized carbons (Fsp3) is 0.667. The van der Waals surface area contributed by atoms with Gasteiger partial charge >= 0.3 is 0 Å². The molecule has 1 saturated heterocycles. The van der Waals surface area contributed by atoms with Crippen LogP contribution in [0.15, 0.2) is 30.3 Å². The number of hydrogen-bond donors (Lipinski definition) is 3. The molecule has 1 aliphatic carbocycles. The molecule has 1 aromatic rings. The van der Waals surface area contributed by atoms with Crippen molar-refractivity contribution in [2.45, 2.75) is 37.9 Å². The van der Waals surface area contributed by atoms with Gasteiger partial charge in [0, 0.05) is 31.7 Å². The zero-order valence-corrected chi connectivity index (χ0v) is 16.7. The molecule has 0 aromatic heterocycles. The lowest BCUT2D eigenvalue weighted by atomic mass is 9.94. The van der Waals surface area contributed by atoms with Gasteiger partial charge in [0.1, 0.15) is 0 Å². The zero-order chi connectivity index (χ0) is 17.5. The van der Waals surface area contributed by atoms with Crippen LogP contribution >= 0.6 is 12.4 Å². The summed E-state index contributed by atoms with van der Waals surface area (Å²) in [5.41, 5.74) is 0.971. The Bertz CT molecular complexity index is 624. The van der Waals surface area contributed by atoms with Crippen molar-refractivity contribution in [2.75, 3.05) is 32.1 Å². The average molecular weight is 404 g/mol. The minimum absolute atomic E-state index is 0.